The van der Waals surface area contributed by atoms with Crippen LogP contribution in [-0.2, 0) is 0 Å². The van der Waals surface area contributed by atoms with Gasteiger partial charge in [0, 0.05) is 19.6 Å². The Kier molecular flexibility index (Phi) is 3.10. The van der Waals surface area contributed by atoms with Gasteiger partial charge in [-0.3, -0.25) is 4.90 Å². The number of amides is 1. The monoisotopic (exact) mass is 220 g/mol. The molecule has 1 saturated heterocycles. The van der Waals surface area contributed by atoms with E-state index >= 15 is 0 Å². The fraction of sp³-hybridized carbons (Fsp3) is 0.417. The Labute approximate surface area is 95.1 Å². The molecule has 2 rings (SSSR count). The van der Waals surface area contributed by atoms with Crippen molar-refractivity contribution in [2.45, 2.75) is 6.04 Å². The molecular weight excluding hydrogens is 204 g/mol. The van der Waals surface area contributed by atoms with Crippen molar-refractivity contribution in [3.05, 3.63) is 35.9 Å². The van der Waals surface area contributed by atoms with Crippen molar-refractivity contribution in [3.8, 4) is 0 Å². The Bertz CT molecular complexity index is 367. The first-order valence-electron chi connectivity index (χ1n) is 5.41. The highest BCUT2D eigenvalue weighted by atomic mass is 16.4. The summed E-state index contributed by atoms with van der Waals surface area (Å²) in [5.74, 6) is 0. The lowest BCUT2D eigenvalue weighted by molar-refractivity contribution is 0.0775. The van der Waals surface area contributed by atoms with Crippen molar-refractivity contribution in [2.24, 2.45) is 0 Å². The molecule has 0 aliphatic carbocycles. The van der Waals surface area contributed by atoms with Gasteiger partial charge in [-0.1, -0.05) is 30.3 Å². The Morgan fingerprint density at radius 2 is 2.00 bits per heavy atom. The third-order valence-electron chi connectivity index (χ3n) is 3.01. The van der Waals surface area contributed by atoms with Gasteiger partial charge in [0.1, 0.15) is 0 Å². The Hall–Kier alpha value is -1.55. The molecule has 16 heavy (non-hydrogen) atoms. The van der Waals surface area contributed by atoms with E-state index in [1.165, 1.54) is 4.90 Å². The van der Waals surface area contributed by atoms with Crippen molar-refractivity contribution in [1.29, 1.82) is 0 Å². The quantitative estimate of drug-likeness (QED) is 0.782. The molecular formula is C12H16N2O2. The summed E-state index contributed by atoms with van der Waals surface area (Å²) in [4.78, 5) is 14.8. The predicted octanol–water partition coefficient (Wildman–Crippen LogP) is 1.65. The predicted molar refractivity (Wildman–Crippen MR) is 61.4 cm³/mol. The highest BCUT2D eigenvalue weighted by Gasteiger charge is 2.29. The van der Waals surface area contributed by atoms with Crippen LogP contribution in [0.3, 0.4) is 0 Å². The van der Waals surface area contributed by atoms with E-state index < -0.39 is 6.09 Å². The lowest BCUT2D eigenvalue weighted by atomic mass is 10.0. The second-order valence-electron chi connectivity index (χ2n) is 4.16. The van der Waals surface area contributed by atoms with Crippen molar-refractivity contribution >= 4 is 6.09 Å². The summed E-state index contributed by atoms with van der Waals surface area (Å²) in [6.07, 6.45) is -0.832. The Balaban J connectivity index is 2.24. The molecule has 0 aromatic heterocycles. The van der Waals surface area contributed by atoms with Gasteiger partial charge in [0.05, 0.1) is 6.04 Å². The Morgan fingerprint density at radius 1 is 1.31 bits per heavy atom. The van der Waals surface area contributed by atoms with Gasteiger partial charge in [-0.05, 0) is 12.6 Å². The first kappa shape index (κ1) is 11.0. The summed E-state index contributed by atoms with van der Waals surface area (Å²) in [5, 5.41) is 9.16. The summed E-state index contributed by atoms with van der Waals surface area (Å²) in [6, 6.07) is 9.77. The van der Waals surface area contributed by atoms with Crippen molar-refractivity contribution in [3.63, 3.8) is 0 Å². The molecule has 1 aliphatic heterocycles. The molecule has 0 saturated carbocycles. The van der Waals surface area contributed by atoms with Crippen LogP contribution in [0.4, 0.5) is 4.79 Å². The fourth-order valence-corrected chi connectivity index (χ4v) is 2.11. The van der Waals surface area contributed by atoms with Crippen LogP contribution < -0.4 is 0 Å². The third-order valence-corrected chi connectivity index (χ3v) is 3.01. The zero-order valence-electron chi connectivity index (χ0n) is 9.34. The number of nitrogens with zero attached hydrogens (tertiary/aromatic N) is 2. The van der Waals surface area contributed by atoms with Crippen LogP contribution in [0, 0.1) is 0 Å². The topological polar surface area (TPSA) is 43.8 Å². The van der Waals surface area contributed by atoms with Gasteiger partial charge in [0.15, 0.2) is 0 Å². The van der Waals surface area contributed by atoms with Gasteiger partial charge < -0.3 is 10.0 Å². The molecule has 86 valence electrons. The first-order valence-corrected chi connectivity index (χ1v) is 5.41. The second-order valence-corrected chi connectivity index (χ2v) is 4.16. The zero-order valence-corrected chi connectivity index (χ0v) is 9.34. The van der Waals surface area contributed by atoms with Crippen molar-refractivity contribution in [2.75, 3.05) is 26.7 Å². The normalized spacial score (nSPS) is 22.1. The summed E-state index contributed by atoms with van der Waals surface area (Å²) in [7, 11) is 2.02. The molecule has 1 fully saturated rings. The number of carbonyl (C=O) groups is 1. The molecule has 1 aliphatic rings. The lowest BCUT2D eigenvalue weighted by Crippen LogP contribution is -2.48. The van der Waals surface area contributed by atoms with Gasteiger partial charge >= 0.3 is 6.09 Å². The maximum absolute atomic E-state index is 11.2. The first-order chi connectivity index (χ1) is 7.68. The molecule has 1 unspecified atom stereocenters. The molecule has 0 bridgehead atoms. The SMILES string of the molecule is CN1CCN(C(=O)O)C(c2ccccc2)C1. The molecule has 1 aromatic carbocycles. The number of rotatable bonds is 1. The molecule has 4 heteroatoms. The third kappa shape index (κ3) is 2.17. The van der Waals surface area contributed by atoms with Gasteiger partial charge in [-0.15, -0.1) is 0 Å². The van der Waals surface area contributed by atoms with Gasteiger partial charge in [-0.2, -0.15) is 0 Å². The van der Waals surface area contributed by atoms with Crippen LogP contribution in [0.15, 0.2) is 30.3 Å². The highest BCUT2D eigenvalue weighted by molar-refractivity contribution is 5.66. The van der Waals surface area contributed by atoms with Crippen LogP contribution in [0.2, 0.25) is 0 Å². The average molecular weight is 220 g/mol. The summed E-state index contributed by atoms with van der Waals surface area (Å²) in [6.45, 7) is 2.14. The number of carboxylic acid groups (broad SMARTS) is 1. The maximum atomic E-state index is 11.2. The number of piperazine rings is 1. The summed E-state index contributed by atoms with van der Waals surface area (Å²) < 4.78 is 0. The average Bonchev–Trinajstić information content (AvgIpc) is 2.29. The van der Waals surface area contributed by atoms with E-state index in [4.69, 9.17) is 5.11 Å². The van der Waals surface area contributed by atoms with E-state index in [0.717, 1.165) is 18.7 Å². The van der Waals surface area contributed by atoms with Gasteiger partial charge in [0.2, 0.25) is 0 Å². The van der Waals surface area contributed by atoms with Crippen LogP contribution in [0.5, 0.6) is 0 Å². The molecule has 1 heterocycles. The number of hydrogen-bond acceptors (Lipinski definition) is 2. The van der Waals surface area contributed by atoms with Crippen LogP contribution in [-0.4, -0.2) is 47.7 Å². The van der Waals surface area contributed by atoms with Gasteiger partial charge in [0.25, 0.3) is 0 Å². The minimum Gasteiger partial charge on any atom is -0.465 e. The minimum absolute atomic E-state index is 0.0440. The molecule has 1 amide bonds. The molecule has 1 atom stereocenters. The van der Waals surface area contributed by atoms with E-state index in [-0.39, 0.29) is 6.04 Å². The summed E-state index contributed by atoms with van der Waals surface area (Å²) in [5.41, 5.74) is 1.07. The standard InChI is InChI=1S/C12H16N2O2/c1-13-7-8-14(12(15)16)11(9-13)10-5-3-2-4-6-10/h2-6,11H,7-9H2,1H3,(H,15,16). The fourth-order valence-electron chi connectivity index (χ4n) is 2.11. The van der Waals surface area contributed by atoms with Crippen LogP contribution >= 0.6 is 0 Å². The number of hydrogen-bond donors (Lipinski definition) is 1. The minimum atomic E-state index is -0.832. The van der Waals surface area contributed by atoms with Gasteiger partial charge in [-0.25, -0.2) is 4.79 Å². The largest absolute Gasteiger partial charge is 0.465 e. The van der Waals surface area contributed by atoms with E-state index in [1.807, 2.05) is 37.4 Å². The number of benzene rings is 1. The molecule has 0 spiro atoms. The highest BCUT2D eigenvalue weighted by Crippen LogP contribution is 2.24. The van der Waals surface area contributed by atoms with Crippen LogP contribution in [0.1, 0.15) is 11.6 Å². The molecule has 0 radical (unpaired) electrons. The second kappa shape index (κ2) is 4.53. The Morgan fingerprint density at radius 3 is 2.62 bits per heavy atom. The zero-order chi connectivity index (χ0) is 11.5. The van der Waals surface area contributed by atoms with E-state index in [9.17, 15) is 4.79 Å². The van der Waals surface area contributed by atoms with Crippen molar-refractivity contribution < 1.29 is 9.90 Å². The molecule has 4 nitrogen and oxygen atoms in total. The lowest BCUT2D eigenvalue weighted by Gasteiger charge is -2.38. The van der Waals surface area contributed by atoms with Crippen molar-refractivity contribution in [1.82, 2.24) is 9.80 Å². The number of likely N-dealkylation sites (N-methyl/N-ethyl adjacent to an activating group) is 1. The van der Waals surface area contributed by atoms with E-state index in [2.05, 4.69) is 4.90 Å². The van der Waals surface area contributed by atoms with Crippen LogP contribution in [0.25, 0.3) is 0 Å². The van der Waals surface area contributed by atoms with E-state index in [1.54, 1.807) is 0 Å². The smallest absolute Gasteiger partial charge is 0.407 e. The molecule has 1 N–H and O–H groups in total. The maximum Gasteiger partial charge on any atom is 0.407 e. The summed E-state index contributed by atoms with van der Waals surface area (Å²) >= 11 is 0. The molecule has 1 aromatic rings. The van der Waals surface area contributed by atoms with E-state index in [0.29, 0.717) is 6.54 Å².